The second-order valence-electron chi connectivity index (χ2n) is 5.84. The summed E-state index contributed by atoms with van der Waals surface area (Å²) in [6.07, 6.45) is 0. The number of carbonyl (C=O) groups is 2. The fourth-order valence-electron chi connectivity index (χ4n) is 2.61. The minimum atomic E-state index is -0.618. The summed E-state index contributed by atoms with van der Waals surface area (Å²) in [4.78, 5) is 35.2. The van der Waals surface area contributed by atoms with Gasteiger partial charge >= 0.3 is 5.97 Å². The maximum Gasteiger partial charge on any atom is 0.341 e. The molecule has 0 aliphatic rings. The number of halogens is 1. The number of rotatable bonds is 6. The highest BCUT2D eigenvalue weighted by Crippen LogP contribution is 2.36. The first-order valence-corrected chi connectivity index (χ1v) is 9.39. The van der Waals surface area contributed by atoms with Crippen molar-refractivity contribution in [3.05, 3.63) is 81.0 Å². The van der Waals surface area contributed by atoms with Crippen LogP contribution in [0.5, 0.6) is 0 Å². The minimum Gasteiger partial charge on any atom is -0.462 e. The van der Waals surface area contributed by atoms with E-state index >= 15 is 0 Å². The van der Waals surface area contributed by atoms with Crippen LogP contribution in [0.3, 0.4) is 0 Å². The fraction of sp³-hybridized carbons (Fsp3) is 0.100. The zero-order valence-corrected chi connectivity index (χ0v) is 16.0. The molecule has 1 heterocycles. The molecular formula is C20H15FN2O5S. The van der Waals surface area contributed by atoms with E-state index in [1.54, 1.807) is 12.3 Å². The van der Waals surface area contributed by atoms with Crippen LogP contribution in [0.2, 0.25) is 0 Å². The number of nitro groups is 1. The largest absolute Gasteiger partial charge is 0.462 e. The van der Waals surface area contributed by atoms with E-state index in [2.05, 4.69) is 5.32 Å². The van der Waals surface area contributed by atoms with Gasteiger partial charge in [-0.05, 0) is 36.8 Å². The van der Waals surface area contributed by atoms with Crippen molar-refractivity contribution in [1.82, 2.24) is 0 Å². The van der Waals surface area contributed by atoms with Crippen molar-refractivity contribution in [2.75, 3.05) is 11.9 Å². The molecule has 0 bridgehead atoms. The maximum atomic E-state index is 13.2. The van der Waals surface area contributed by atoms with Gasteiger partial charge in [0.1, 0.15) is 16.4 Å². The lowest BCUT2D eigenvalue weighted by molar-refractivity contribution is -0.384. The average molecular weight is 414 g/mol. The second-order valence-corrected chi connectivity index (χ2v) is 6.72. The standard InChI is InChI=1S/C20H15FN2O5S/c1-2-28-20(25)17-16(12-3-7-14(21)8-4-12)11-29-19(17)22-18(24)13-5-9-15(10-6-13)23(26)27/h3-11H,2H2,1H3,(H,22,24). The number of nitrogens with zero attached hydrogens (tertiary/aromatic N) is 1. The predicted molar refractivity (Wildman–Crippen MR) is 107 cm³/mol. The van der Waals surface area contributed by atoms with Gasteiger partial charge in [-0.3, -0.25) is 14.9 Å². The molecule has 0 fully saturated rings. The van der Waals surface area contributed by atoms with Crippen LogP contribution < -0.4 is 5.32 Å². The lowest BCUT2D eigenvalue weighted by Crippen LogP contribution is -2.14. The second kappa shape index (κ2) is 8.61. The number of nitro benzene ring substituents is 1. The highest BCUT2D eigenvalue weighted by molar-refractivity contribution is 7.15. The van der Waals surface area contributed by atoms with Gasteiger partial charge in [-0.25, -0.2) is 9.18 Å². The fourth-order valence-corrected chi connectivity index (χ4v) is 3.56. The molecular weight excluding hydrogens is 399 g/mol. The van der Waals surface area contributed by atoms with E-state index in [0.717, 1.165) is 11.3 Å². The van der Waals surface area contributed by atoms with E-state index in [9.17, 15) is 24.1 Å². The van der Waals surface area contributed by atoms with Gasteiger partial charge in [-0.1, -0.05) is 12.1 Å². The molecule has 7 nitrogen and oxygen atoms in total. The summed E-state index contributed by atoms with van der Waals surface area (Å²) >= 11 is 1.13. The smallest absolute Gasteiger partial charge is 0.341 e. The first kappa shape index (κ1) is 20.2. The summed E-state index contributed by atoms with van der Waals surface area (Å²) in [7, 11) is 0. The molecule has 2 aromatic carbocycles. The molecule has 29 heavy (non-hydrogen) atoms. The van der Waals surface area contributed by atoms with Crippen LogP contribution in [-0.2, 0) is 4.74 Å². The maximum absolute atomic E-state index is 13.2. The Hall–Kier alpha value is -3.59. The summed E-state index contributed by atoms with van der Waals surface area (Å²) in [5, 5.41) is 15.3. The Morgan fingerprint density at radius 1 is 1.14 bits per heavy atom. The van der Waals surface area contributed by atoms with Crippen LogP contribution in [0.25, 0.3) is 11.1 Å². The lowest BCUT2D eigenvalue weighted by atomic mass is 10.0. The Kier molecular flexibility index (Phi) is 5.99. The third-order valence-corrected chi connectivity index (χ3v) is 4.89. The molecule has 0 aliphatic carbocycles. The Morgan fingerprint density at radius 3 is 2.38 bits per heavy atom. The van der Waals surface area contributed by atoms with E-state index in [-0.39, 0.29) is 28.4 Å². The number of esters is 1. The Bertz CT molecular complexity index is 1060. The van der Waals surface area contributed by atoms with E-state index in [4.69, 9.17) is 4.74 Å². The monoisotopic (exact) mass is 414 g/mol. The minimum absolute atomic E-state index is 0.136. The van der Waals surface area contributed by atoms with Gasteiger partial charge in [-0.15, -0.1) is 11.3 Å². The van der Waals surface area contributed by atoms with Crippen molar-refractivity contribution in [2.45, 2.75) is 6.92 Å². The highest BCUT2D eigenvalue weighted by atomic mass is 32.1. The van der Waals surface area contributed by atoms with Gasteiger partial charge in [-0.2, -0.15) is 0 Å². The van der Waals surface area contributed by atoms with Gasteiger partial charge < -0.3 is 10.1 Å². The SMILES string of the molecule is CCOC(=O)c1c(-c2ccc(F)cc2)csc1NC(=O)c1ccc([N+](=O)[O-])cc1. The number of thiophene rings is 1. The van der Waals surface area contributed by atoms with E-state index < -0.39 is 22.6 Å². The van der Waals surface area contributed by atoms with Gasteiger partial charge in [0.2, 0.25) is 0 Å². The molecule has 0 saturated heterocycles. The summed E-state index contributed by atoms with van der Waals surface area (Å²) in [5.41, 5.74) is 1.33. The van der Waals surface area contributed by atoms with Crippen molar-refractivity contribution in [1.29, 1.82) is 0 Å². The average Bonchev–Trinajstić information content (AvgIpc) is 3.12. The zero-order valence-electron chi connectivity index (χ0n) is 15.2. The molecule has 1 N–H and O–H groups in total. The first-order valence-electron chi connectivity index (χ1n) is 8.51. The lowest BCUT2D eigenvalue weighted by Gasteiger charge is -2.09. The number of ether oxygens (including phenoxy) is 1. The summed E-state index contributed by atoms with van der Waals surface area (Å²) in [6, 6.07) is 10.7. The van der Waals surface area contributed by atoms with Crippen molar-refractivity contribution in [2.24, 2.45) is 0 Å². The van der Waals surface area contributed by atoms with Crippen LogP contribution in [0.4, 0.5) is 15.1 Å². The molecule has 0 aliphatic heterocycles. The number of anilines is 1. The molecule has 0 spiro atoms. The number of hydrogen-bond donors (Lipinski definition) is 1. The van der Waals surface area contributed by atoms with Gasteiger partial charge in [0.05, 0.1) is 11.5 Å². The van der Waals surface area contributed by atoms with Crippen LogP contribution in [0.15, 0.2) is 53.9 Å². The van der Waals surface area contributed by atoms with Crippen molar-refractivity contribution in [3.63, 3.8) is 0 Å². The number of hydrogen-bond acceptors (Lipinski definition) is 6. The molecule has 9 heteroatoms. The van der Waals surface area contributed by atoms with Crippen molar-refractivity contribution in [3.8, 4) is 11.1 Å². The summed E-state index contributed by atoms with van der Waals surface area (Å²) in [5.74, 6) is -1.56. The molecule has 3 aromatic rings. The number of benzene rings is 2. The molecule has 1 amide bonds. The molecule has 0 atom stereocenters. The number of amides is 1. The molecule has 3 rings (SSSR count). The number of carbonyl (C=O) groups excluding carboxylic acids is 2. The Balaban J connectivity index is 1.94. The zero-order chi connectivity index (χ0) is 21.0. The predicted octanol–water partition coefficient (Wildman–Crippen LogP) is 4.89. The van der Waals surface area contributed by atoms with Gasteiger partial charge in [0.25, 0.3) is 11.6 Å². The van der Waals surface area contributed by atoms with E-state index in [0.29, 0.717) is 11.1 Å². The van der Waals surface area contributed by atoms with Gasteiger partial charge in [0.15, 0.2) is 0 Å². The third kappa shape index (κ3) is 4.46. The van der Waals surface area contributed by atoms with Crippen LogP contribution in [-0.4, -0.2) is 23.4 Å². The van der Waals surface area contributed by atoms with Crippen LogP contribution >= 0.6 is 11.3 Å². The van der Waals surface area contributed by atoms with E-state index in [1.807, 2.05) is 0 Å². The Morgan fingerprint density at radius 2 is 1.79 bits per heavy atom. The number of non-ortho nitro benzene ring substituents is 1. The molecule has 0 saturated carbocycles. The molecule has 148 valence electrons. The number of nitrogens with one attached hydrogen (secondary N) is 1. The normalized spacial score (nSPS) is 10.4. The van der Waals surface area contributed by atoms with Crippen LogP contribution in [0.1, 0.15) is 27.6 Å². The topological polar surface area (TPSA) is 98.5 Å². The first-order chi connectivity index (χ1) is 13.9. The molecule has 1 aromatic heterocycles. The molecule has 0 radical (unpaired) electrons. The van der Waals surface area contributed by atoms with Crippen molar-refractivity contribution < 1.29 is 23.6 Å². The quantitative estimate of drug-likeness (QED) is 0.352. The van der Waals surface area contributed by atoms with Crippen LogP contribution in [0, 0.1) is 15.9 Å². The summed E-state index contributed by atoms with van der Waals surface area (Å²) in [6.45, 7) is 1.81. The van der Waals surface area contributed by atoms with E-state index in [1.165, 1.54) is 48.5 Å². The Labute approximate surface area is 168 Å². The third-order valence-electron chi connectivity index (χ3n) is 3.99. The highest BCUT2D eigenvalue weighted by Gasteiger charge is 2.23. The van der Waals surface area contributed by atoms with Crippen molar-refractivity contribution >= 4 is 33.9 Å². The van der Waals surface area contributed by atoms with Gasteiger partial charge in [0, 0.05) is 28.6 Å². The summed E-state index contributed by atoms with van der Waals surface area (Å²) < 4.78 is 18.3. The molecule has 0 unspecified atom stereocenters.